The molecule has 1 N–H and O–H groups in total. The van der Waals surface area contributed by atoms with Crippen LogP contribution in [0, 0.1) is 0 Å². The summed E-state index contributed by atoms with van der Waals surface area (Å²) >= 11 is 0. The minimum Gasteiger partial charge on any atom is -0.314 e. The normalized spacial score (nSPS) is 25.1. The molecule has 1 aliphatic rings. The topological polar surface area (TPSA) is 24.9 Å². The smallest absolute Gasteiger partial charge is 0.0702 e. The van der Waals surface area contributed by atoms with Gasteiger partial charge in [0.05, 0.1) is 5.52 Å². The maximum absolute atomic E-state index is 4.35. The zero-order valence-electron chi connectivity index (χ0n) is 9.48. The Labute approximate surface area is 95.7 Å². The van der Waals surface area contributed by atoms with E-state index in [0.717, 1.165) is 12.1 Å². The highest BCUT2D eigenvalue weighted by Gasteiger charge is 2.21. The van der Waals surface area contributed by atoms with Gasteiger partial charge in [-0.25, -0.2) is 0 Å². The van der Waals surface area contributed by atoms with Crippen LogP contribution in [0.5, 0.6) is 0 Å². The summed E-state index contributed by atoms with van der Waals surface area (Å²) in [5.74, 6) is 0.666. The fourth-order valence-electron chi connectivity index (χ4n) is 2.54. The first-order valence-electron chi connectivity index (χ1n) is 5.91. The van der Waals surface area contributed by atoms with E-state index in [1.807, 2.05) is 12.3 Å². The highest BCUT2D eigenvalue weighted by Crippen LogP contribution is 2.27. The molecule has 0 saturated carbocycles. The van der Waals surface area contributed by atoms with Gasteiger partial charge >= 0.3 is 0 Å². The van der Waals surface area contributed by atoms with Gasteiger partial charge in [0, 0.05) is 24.2 Å². The number of hydrogen-bond acceptors (Lipinski definition) is 2. The molecule has 0 aliphatic carbocycles. The van der Waals surface area contributed by atoms with Crippen LogP contribution in [0.25, 0.3) is 10.9 Å². The van der Waals surface area contributed by atoms with Gasteiger partial charge in [0.2, 0.25) is 0 Å². The summed E-state index contributed by atoms with van der Waals surface area (Å²) in [5, 5.41) is 4.75. The largest absolute Gasteiger partial charge is 0.314 e. The number of rotatable bonds is 1. The van der Waals surface area contributed by atoms with Crippen molar-refractivity contribution in [2.45, 2.75) is 25.3 Å². The molecule has 16 heavy (non-hydrogen) atoms. The number of nitrogens with zero attached hydrogens (tertiary/aromatic N) is 1. The molecule has 0 radical (unpaired) electrons. The fraction of sp³-hybridized carbons (Fsp3) is 0.357. The molecule has 2 nitrogen and oxygen atoms in total. The van der Waals surface area contributed by atoms with Gasteiger partial charge < -0.3 is 5.32 Å². The van der Waals surface area contributed by atoms with Crippen molar-refractivity contribution in [3.8, 4) is 0 Å². The molecule has 0 amide bonds. The van der Waals surface area contributed by atoms with Crippen LogP contribution < -0.4 is 5.32 Å². The summed E-state index contributed by atoms with van der Waals surface area (Å²) < 4.78 is 0. The van der Waals surface area contributed by atoms with Gasteiger partial charge in [-0.05, 0) is 43.0 Å². The third-order valence-electron chi connectivity index (χ3n) is 3.45. The van der Waals surface area contributed by atoms with Gasteiger partial charge in [0.1, 0.15) is 0 Å². The van der Waals surface area contributed by atoms with Crippen LogP contribution in [-0.4, -0.2) is 17.6 Å². The molecule has 3 rings (SSSR count). The SMILES string of the molecule is CC1CC(c2ccc3ncccc3c2)CN1. The predicted octanol–water partition coefficient (Wildman–Crippen LogP) is 2.70. The zero-order valence-corrected chi connectivity index (χ0v) is 9.48. The maximum Gasteiger partial charge on any atom is 0.0702 e. The molecule has 1 fully saturated rings. The predicted molar refractivity (Wildman–Crippen MR) is 66.6 cm³/mol. The van der Waals surface area contributed by atoms with E-state index in [1.165, 1.54) is 17.4 Å². The first kappa shape index (κ1) is 9.79. The van der Waals surface area contributed by atoms with Gasteiger partial charge in [0.15, 0.2) is 0 Å². The Kier molecular flexibility index (Phi) is 2.37. The van der Waals surface area contributed by atoms with Crippen LogP contribution in [0.3, 0.4) is 0 Å². The molecule has 0 bridgehead atoms. The molecule has 2 atom stereocenters. The first-order chi connectivity index (χ1) is 7.83. The number of fused-ring (bicyclic) bond motifs is 1. The summed E-state index contributed by atoms with van der Waals surface area (Å²) in [7, 11) is 0. The molecule has 1 saturated heterocycles. The standard InChI is InChI=1S/C14H16N2/c1-10-7-13(9-16-10)11-4-5-14-12(8-11)3-2-6-15-14/h2-6,8,10,13,16H,7,9H2,1H3. The lowest BCUT2D eigenvalue weighted by molar-refractivity contribution is 0.658. The van der Waals surface area contributed by atoms with Crippen molar-refractivity contribution in [1.29, 1.82) is 0 Å². The zero-order chi connectivity index (χ0) is 11.0. The Morgan fingerprint density at radius 2 is 2.25 bits per heavy atom. The summed E-state index contributed by atoms with van der Waals surface area (Å²) in [4.78, 5) is 4.35. The van der Waals surface area contributed by atoms with Gasteiger partial charge in [-0.15, -0.1) is 0 Å². The quantitative estimate of drug-likeness (QED) is 0.786. The van der Waals surface area contributed by atoms with E-state index in [-0.39, 0.29) is 0 Å². The second-order valence-corrected chi connectivity index (χ2v) is 4.70. The Balaban J connectivity index is 1.99. The van der Waals surface area contributed by atoms with Crippen LogP contribution in [0.4, 0.5) is 0 Å². The Hall–Kier alpha value is -1.41. The molecule has 2 unspecified atom stereocenters. The summed E-state index contributed by atoms with van der Waals surface area (Å²) in [5.41, 5.74) is 2.53. The van der Waals surface area contributed by atoms with Gasteiger partial charge in [-0.2, -0.15) is 0 Å². The molecule has 1 aromatic carbocycles. The highest BCUT2D eigenvalue weighted by atomic mass is 14.9. The number of nitrogens with one attached hydrogen (secondary N) is 1. The van der Waals surface area contributed by atoms with Crippen molar-refractivity contribution in [3.63, 3.8) is 0 Å². The Morgan fingerprint density at radius 1 is 1.31 bits per heavy atom. The lowest BCUT2D eigenvalue weighted by Crippen LogP contribution is -2.16. The van der Waals surface area contributed by atoms with Crippen LogP contribution in [0.2, 0.25) is 0 Å². The van der Waals surface area contributed by atoms with Gasteiger partial charge in [-0.1, -0.05) is 12.1 Å². The second kappa shape index (κ2) is 3.87. The highest BCUT2D eigenvalue weighted by molar-refractivity contribution is 5.79. The van der Waals surface area contributed by atoms with Gasteiger partial charge in [0.25, 0.3) is 0 Å². The molecule has 0 spiro atoms. The lowest BCUT2D eigenvalue weighted by Gasteiger charge is -2.09. The number of benzene rings is 1. The molecule has 2 aromatic rings. The molecule has 1 aliphatic heterocycles. The number of aromatic nitrogens is 1. The van der Waals surface area contributed by atoms with Crippen LogP contribution in [0.1, 0.15) is 24.8 Å². The number of hydrogen-bond donors (Lipinski definition) is 1. The Morgan fingerprint density at radius 3 is 3.06 bits per heavy atom. The third-order valence-corrected chi connectivity index (χ3v) is 3.45. The third kappa shape index (κ3) is 1.69. The second-order valence-electron chi connectivity index (χ2n) is 4.70. The van der Waals surface area contributed by atoms with Crippen molar-refractivity contribution >= 4 is 10.9 Å². The van der Waals surface area contributed by atoms with Crippen molar-refractivity contribution in [2.24, 2.45) is 0 Å². The van der Waals surface area contributed by atoms with E-state index in [1.54, 1.807) is 0 Å². The van der Waals surface area contributed by atoms with Crippen molar-refractivity contribution in [3.05, 3.63) is 42.1 Å². The molecule has 2 heterocycles. The average Bonchev–Trinajstić information content (AvgIpc) is 2.75. The van der Waals surface area contributed by atoms with Crippen molar-refractivity contribution < 1.29 is 0 Å². The van der Waals surface area contributed by atoms with Crippen LogP contribution >= 0.6 is 0 Å². The van der Waals surface area contributed by atoms with E-state index in [9.17, 15) is 0 Å². The lowest BCUT2D eigenvalue weighted by atomic mass is 9.95. The summed E-state index contributed by atoms with van der Waals surface area (Å²) in [6, 6.07) is 11.4. The molecule has 82 valence electrons. The van der Waals surface area contributed by atoms with E-state index in [0.29, 0.717) is 12.0 Å². The summed E-state index contributed by atoms with van der Waals surface area (Å²) in [6.07, 6.45) is 3.09. The Bertz CT molecular complexity index is 507. The van der Waals surface area contributed by atoms with E-state index in [2.05, 4.69) is 41.5 Å². The van der Waals surface area contributed by atoms with Gasteiger partial charge in [-0.3, -0.25) is 4.98 Å². The van der Waals surface area contributed by atoms with E-state index in [4.69, 9.17) is 0 Å². The van der Waals surface area contributed by atoms with Crippen LogP contribution in [0.15, 0.2) is 36.5 Å². The van der Waals surface area contributed by atoms with E-state index >= 15 is 0 Å². The average molecular weight is 212 g/mol. The maximum atomic E-state index is 4.35. The first-order valence-corrected chi connectivity index (χ1v) is 5.91. The minimum absolute atomic E-state index is 0.648. The minimum atomic E-state index is 0.648. The molecular weight excluding hydrogens is 196 g/mol. The molecular formula is C14H16N2. The van der Waals surface area contributed by atoms with Crippen LogP contribution in [-0.2, 0) is 0 Å². The van der Waals surface area contributed by atoms with Crippen molar-refractivity contribution in [2.75, 3.05) is 6.54 Å². The number of pyridine rings is 1. The van der Waals surface area contributed by atoms with E-state index < -0.39 is 0 Å². The van der Waals surface area contributed by atoms with Crippen molar-refractivity contribution in [1.82, 2.24) is 10.3 Å². The molecule has 2 heteroatoms. The summed E-state index contributed by atoms with van der Waals surface area (Å²) in [6.45, 7) is 3.36. The monoisotopic (exact) mass is 212 g/mol. The molecule has 1 aromatic heterocycles. The fourth-order valence-corrected chi connectivity index (χ4v) is 2.54.